The summed E-state index contributed by atoms with van der Waals surface area (Å²) in [6, 6.07) is 1.82. The Bertz CT molecular complexity index is 276. The van der Waals surface area contributed by atoms with Gasteiger partial charge in [-0.2, -0.15) is 0 Å². The average molecular weight is 189 g/mol. The summed E-state index contributed by atoms with van der Waals surface area (Å²) in [5.41, 5.74) is 0.312. The minimum absolute atomic E-state index is 0.275. The van der Waals surface area contributed by atoms with Gasteiger partial charge in [-0.05, 0) is 30.5 Å². The molecule has 0 amide bonds. The zero-order valence-corrected chi connectivity index (χ0v) is 6.82. The summed E-state index contributed by atoms with van der Waals surface area (Å²) in [6.07, 6.45) is 0.572. The lowest BCUT2D eigenvalue weighted by molar-refractivity contribution is 0.189. The highest BCUT2D eigenvalue weighted by molar-refractivity contribution is 5.19. The normalized spacial score (nSPS) is 10.5. The lowest BCUT2D eigenvalue weighted by Gasteiger charge is -2.01. The van der Waals surface area contributed by atoms with Crippen LogP contribution in [0.3, 0.4) is 0 Å². The molecule has 1 radical (unpaired) electrons. The van der Waals surface area contributed by atoms with E-state index in [0.717, 1.165) is 12.1 Å². The molecule has 0 heterocycles. The largest absolute Gasteiger partial charge is 0.237 e. The van der Waals surface area contributed by atoms with Gasteiger partial charge in [0.05, 0.1) is 6.61 Å². The molecule has 0 N–H and O–H groups in total. The number of benzene rings is 1. The fourth-order valence-corrected chi connectivity index (χ4v) is 1.03. The number of aryl methyl sites for hydroxylation is 1. The van der Waals surface area contributed by atoms with Crippen molar-refractivity contribution in [3.63, 3.8) is 0 Å². The van der Waals surface area contributed by atoms with Crippen molar-refractivity contribution in [1.29, 1.82) is 0 Å². The first kappa shape index (κ1) is 10.1. The number of hydrogen-bond acceptors (Lipinski definition) is 0. The molecule has 0 aliphatic rings. The molecule has 1 aromatic carbocycles. The van der Waals surface area contributed by atoms with Crippen LogP contribution in [-0.2, 0) is 11.5 Å². The SMILES string of the molecule is [O]CCCc1cc(F)c(F)c(F)c1. The van der Waals surface area contributed by atoms with Crippen LogP contribution in [0.2, 0.25) is 0 Å². The van der Waals surface area contributed by atoms with E-state index in [1.54, 1.807) is 0 Å². The van der Waals surface area contributed by atoms with Crippen molar-refractivity contribution in [2.24, 2.45) is 0 Å². The van der Waals surface area contributed by atoms with Crippen LogP contribution in [0, 0.1) is 17.5 Å². The van der Waals surface area contributed by atoms with Crippen molar-refractivity contribution in [3.8, 4) is 0 Å². The van der Waals surface area contributed by atoms with Crippen molar-refractivity contribution in [2.45, 2.75) is 12.8 Å². The second-order valence-corrected chi connectivity index (χ2v) is 2.68. The Hall–Kier alpha value is -1.03. The second kappa shape index (κ2) is 4.28. The summed E-state index contributed by atoms with van der Waals surface area (Å²) in [4.78, 5) is 0. The molecule has 0 aliphatic carbocycles. The van der Waals surface area contributed by atoms with Gasteiger partial charge in [0.2, 0.25) is 0 Å². The van der Waals surface area contributed by atoms with E-state index in [4.69, 9.17) is 0 Å². The summed E-state index contributed by atoms with van der Waals surface area (Å²) in [7, 11) is 0. The Morgan fingerprint density at radius 3 is 2.08 bits per heavy atom. The molecule has 0 saturated heterocycles. The van der Waals surface area contributed by atoms with Crippen LogP contribution in [-0.4, -0.2) is 6.61 Å². The lowest BCUT2D eigenvalue weighted by Crippen LogP contribution is -1.95. The average Bonchev–Trinajstić information content (AvgIpc) is 2.10. The van der Waals surface area contributed by atoms with Gasteiger partial charge in [0.15, 0.2) is 17.5 Å². The molecule has 0 bridgehead atoms. The first-order valence-corrected chi connectivity index (χ1v) is 3.86. The zero-order valence-electron chi connectivity index (χ0n) is 6.82. The van der Waals surface area contributed by atoms with E-state index in [1.165, 1.54) is 0 Å². The summed E-state index contributed by atoms with van der Waals surface area (Å²) in [5, 5.41) is 10.1. The van der Waals surface area contributed by atoms with Crippen molar-refractivity contribution < 1.29 is 18.3 Å². The molecule has 0 aliphatic heterocycles. The summed E-state index contributed by atoms with van der Waals surface area (Å²) >= 11 is 0. The van der Waals surface area contributed by atoms with Gasteiger partial charge in [0, 0.05) is 0 Å². The van der Waals surface area contributed by atoms with Crippen LogP contribution in [0.1, 0.15) is 12.0 Å². The number of halogens is 3. The van der Waals surface area contributed by atoms with E-state index in [0.29, 0.717) is 12.0 Å². The Labute approximate surface area is 73.8 Å². The molecule has 13 heavy (non-hydrogen) atoms. The first-order chi connectivity index (χ1) is 6.15. The zero-order chi connectivity index (χ0) is 9.84. The van der Waals surface area contributed by atoms with E-state index < -0.39 is 17.5 Å². The fraction of sp³-hybridized carbons (Fsp3) is 0.333. The molecule has 0 unspecified atom stereocenters. The van der Waals surface area contributed by atoms with Crippen LogP contribution in [0.15, 0.2) is 12.1 Å². The van der Waals surface area contributed by atoms with Crippen molar-refractivity contribution in [2.75, 3.05) is 6.61 Å². The van der Waals surface area contributed by atoms with E-state index in [-0.39, 0.29) is 13.0 Å². The van der Waals surface area contributed by atoms with Gasteiger partial charge in [-0.1, -0.05) is 0 Å². The minimum atomic E-state index is -1.47. The third-order valence-corrected chi connectivity index (χ3v) is 1.65. The van der Waals surface area contributed by atoms with Gasteiger partial charge in [0.25, 0.3) is 0 Å². The van der Waals surface area contributed by atoms with Gasteiger partial charge in [0.1, 0.15) is 0 Å². The van der Waals surface area contributed by atoms with Gasteiger partial charge in [-0.15, -0.1) is 0 Å². The maximum absolute atomic E-state index is 12.6. The van der Waals surface area contributed by atoms with Gasteiger partial charge in [-0.3, -0.25) is 0 Å². The maximum atomic E-state index is 12.6. The standard InChI is InChI=1S/C9H8F3O/c10-7-4-6(2-1-3-13)5-8(11)9(7)12/h4-5H,1-3H2. The van der Waals surface area contributed by atoms with Gasteiger partial charge < -0.3 is 0 Å². The molecule has 71 valence electrons. The highest BCUT2D eigenvalue weighted by Crippen LogP contribution is 2.14. The molecule has 4 heteroatoms. The molecular formula is C9H8F3O. The topological polar surface area (TPSA) is 19.9 Å². The molecule has 1 aromatic rings. The predicted octanol–water partition coefficient (Wildman–Crippen LogP) is 2.47. The molecule has 0 atom stereocenters. The van der Waals surface area contributed by atoms with Crippen LogP contribution in [0.25, 0.3) is 0 Å². The van der Waals surface area contributed by atoms with Crippen molar-refractivity contribution in [1.82, 2.24) is 0 Å². The minimum Gasteiger partial charge on any atom is -0.237 e. The molecule has 0 aromatic heterocycles. The third-order valence-electron chi connectivity index (χ3n) is 1.65. The maximum Gasteiger partial charge on any atom is 0.194 e. The molecule has 0 fully saturated rings. The predicted molar refractivity (Wildman–Crippen MR) is 40.2 cm³/mol. The lowest BCUT2D eigenvalue weighted by atomic mass is 10.1. The highest BCUT2D eigenvalue weighted by Gasteiger charge is 2.09. The quantitative estimate of drug-likeness (QED) is 0.651. The number of rotatable bonds is 3. The van der Waals surface area contributed by atoms with Gasteiger partial charge >= 0.3 is 0 Å². The van der Waals surface area contributed by atoms with Crippen molar-refractivity contribution in [3.05, 3.63) is 35.1 Å². The molecule has 1 nitrogen and oxygen atoms in total. The Morgan fingerprint density at radius 2 is 1.62 bits per heavy atom. The van der Waals surface area contributed by atoms with E-state index >= 15 is 0 Å². The third kappa shape index (κ3) is 2.45. The fourth-order valence-electron chi connectivity index (χ4n) is 1.03. The summed E-state index contributed by atoms with van der Waals surface area (Å²) in [5.74, 6) is -3.88. The highest BCUT2D eigenvalue weighted by atomic mass is 19.2. The Kier molecular flexibility index (Phi) is 3.31. The van der Waals surface area contributed by atoms with Crippen LogP contribution >= 0.6 is 0 Å². The van der Waals surface area contributed by atoms with Crippen LogP contribution in [0.5, 0.6) is 0 Å². The first-order valence-electron chi connectivity index (χ1n) is 3.86. The number of hydrogen-bond donors (Lipinski definition) is 0. The second-order valence-electron chi connectivity index (χ2n) is 2.68. The van der Waals surface area contributed by atoms with Crippen LogP contribution < -0.4 is 0 Å². The van der Waals surface area contributed by atoms with E-state index in [1.807, 2.05) is 0 Å². The molecule has 0 saturated carbocycles. The van der Waals surface area contributed by atoms with Gasteiger partial charge in [-0.25, -0.2) is 18.3 Å². The Morgan fingerprint density at radius 1 is 1.08 bits per heavy atom. The molecule has 1 rings (SSSR count). The summed E-state index contributed by atoms with van der Waals surface area (Å²) in [6.45, 7) is -0.305. The monoisotopic (exact) mass is 189 g/mol. The molecule has 0 spiro atoms. The van der Waals surface area contributed by atoms with E-state index in [9.17, 15) is 18.3 Å². The van der Waals surface area contributed by atoms with Crippen LogP contribution in [0.4, 0.5) is 13.2 Å². The summed E-state index contributed by atoms with van der Waals surface area (Å²) < 4.78 is 37.6. The Balaban J connectivity index is 2.86. The van der Waals surface area contributed by atoms with Crippen molar-refractivity contribution >= 4 is 0 Å². The smallest absolute Gasteiger partial charge is 0.194 e. The van der Waals surface area contributed by atoms with E-state index in [2.05, 4.69) is 0 Å². The molecular weight excluding hydrogens is 181 g/mol.